The predicted molar refractivity (Wildman–Crippen MR) is 90.7 cm³/mol. The van der Waals surface area contributed by atoms with Gasteiger partial charge in [-0.2, -0.15) is 0 Å². The van der Waals surface area contributed by atoms with E-state index < -0.39 is 41.6 Å². The summed E-state index contributed by atoms with van der Waals surface area (Å²) < 4.78 is 15.1. The summed E-state index contributed by atoms with van der Waals surface area (Å²) in [6.45, 7) is 6.94. The van der Waals surface area contributed by atoms with Gasteiger partial charge in [-0.1, -0.05) is 0 Å². The fourth-order valence-electron chi connectivity index (χ4n) is 1.77. The Balaban J connectivity index is 0. The van der Waals surface area contributed by atoms with E-state index in [0.29, 0.717) is 6.61 Å². The molecule has 0 radical (unpaired) electrons. The molecule has 0 aromatic rings. The average Bonchev–Trinajstić information content (AvgIpc) is 2.43. The van der Waals surface area contributed by atoms with Crippen LogP contribution in [-0.2, 0) is 28.6 Å². The fourth-order valence-corrected chi connectivity index (χ4v) is 1.77. The number of nitrogens with two attached hydrogens (primary N) is 1. The van der Waals surface area contributed by atoms with Gasteiger partial charge in [0, 0.05) is 13.0 Å². The number of esters is 1. The van der Waals surface area contributed by atoms with Gasteiger partial charge in [-0.25, -0.2) is 9.59 Å². The molecule has 0 spiro atoms. The summed E-state index contributed by atoms with van der Waals surface area (Å²) in [6, 6.07) is -1.15. The van der Waals surface area contributed by atoms with Gasteiger partial charge in [0.1, 0.15) is 11.6 Å². The summed E-state index contributed by atoms with van der Waals surface area (Å²) in [5.41, 5.74) is 2.43. The molecule has 0 heterocycles. The van der Waals surface area contributed by atoms with Gasteiger partial charge in [0.25, 0.3) is 5.60 Å². The molecule has 10 heteroatoms. The summed E-state index contributed by atoms with van der Waals surface area (Å²) in [5, 5.41) is 18.6. The normalized spacial score (nSPS) is 12.8. The zero-order valence-electron chi connectivity index (χ0n) is 14.5. The first kappa shape index (κ1) is 26.1. The van der Waals surface area contributed by atoms with Crippen LogP contribution in [-0.4, -0.2) is 84.0 Å². The molecule has 0 aliphatic rings. The first-order valence-electron chi connectivity index (χ1n) is 7.63. The fraction of sp³-hybridized carbons (Fsp3) is 0.800. The number of carboxylic acids is 2. The van der Waals surface area contributed by atoms with E-state index in [0.717, 1.165) is 0 Å². The monoisotopic (exact) mass is 357 g/mol. The van der Waals surface area contributed by atoms with Crippen molar-refractivity contribution in [1.82, 2.24) is 0 Å². The molecule has 1 atom stereocenters. The Morgan fingerprint density at radius 2 is 1.60 bits per heavy atom. The SMILES string of the molecule is CCOCCOC(CCC(N)C(=O)OC(C)(C)C)(C(=O)O)C(=O)O.[LiH]. The van der Waals surface area contributed by atoms with Crippen LogP contribution in [0.5, 0.6) is 0 Å². The third kappa shape index (κ3) is 9.23. The number of carbonyl (C=O) groups is 3. The quantitative estimate of drug-likeness (QED) is 0.197. The zero-order valence-corrected chi connectivity index (χ0v) is 14.5. The van der Waals surface area contributed by atoms with Gasteiger partial charge in [0.2, 0.25) is 0 Å². The molecule has 0 aliphatic heterocycles. The van der Waals surface area contributed by atoms with Gasteiger partial charge in [0.15, 0.2) is 0 Å². The van der Waals surface area contributed by atoms with E-state index in [9.17, 15) is 24.6 Å². The van der Waals surface area contributed by atoms with Crippen molar-refractivity contribution in [2.45, 2.75) is 57.8 Å². The van der Waals surface area contributed by atoms with E-state index in [-0.39, 0.29) is 38.5 Å². The maximum absolute atomic E-state index is 11.8. The van der Waals surface area contributed by atoms with Crippen LogP contribution in [0.2, 0.25) is 0 Å². The molecule has 1 unspecified atom stereocenters. The molecular formula is C15H28LiNO8. The van der Waals surface area contributed by atoms with Gasteiger partial charge in [-0.15, -0.1) is 0 Å². The van der Waals surface area contributed by atoms with E-state index in [1.54, 1.807) is 27.7 Å². The Hall–Kier alpha value is -1.11. The molecule has 9 nitrogen and oxygen atoms in total. The summed E-state index contributed by atoms with van der Waals surface area (Å²) >= 11 is 0. The van der Waals surface area contributed by atoms with Crippen molar-refractivity contribution in [2.24, 2.45) is 5.73 Å². The number of hydrogen-bond donors (Lipinski definition) is 3. The van der Waals surface area contributed by atoms with Gasteiger partial charge in [-0.05, 0) is 34.1 Å². The Kier molecular flexibility index (Phi) is 12.0. The molecule has 0 amide bonds. The molecule has 0 aliphatic carbocycles. The average molecular weight is 357 g/mol. The molecule has 142 valence electrons. The molecule has 25 heavy (non-hydrogen) atoms. The van der Waals surface area contributed by atoms with Crippen LogP contribution in [0.25, 0.3) is 0 Å². The van der Waals surface area contributed by atoms with Crippen molar-refractivity contribution in [3.63, 3.8) is 0 Å². The minimum absolute atomic E-state index is 0. The molecule has 0 aromatic carbocycles. The molecule has 0 saturated heterocycles. The summed E-state index contributed by atoms with van der Waals surface area (Å²) in [6.07, 6.45) is -0.702. The Labute approximate surface area is 159 Å². The van der Waals surface area contributed by atoms with Gasteiger partial charge >= 0.3 is 36.8 Å². The van der Waals surface area contributed by atoms with E-state index in [1.165, 1.54) is 0 Å². The topological polar surface area (TPSA) is 145 Å². The molecule has 0 fully saturated rings. The van der Waals surface area contributed by atoms with E-state index in [2.05, 4.69) is 0 Å². The molecule has 0 bridgehead atoms. The van der Waals surface area contributed by atoms with Crippen LogP contribution in [0.1, 0.15) is 40.5 Å². The second kappa shape index (κ2) is 11.5. The predicted octanol–water partition coefficient (Wildman–Crippen LogP) is -0.252. The van der Waals surface area contributed by atoms with Crippen molar-refractivity contribution in [2.75, 3.05) is 19.8 Å². The van der Waals surface area contributed by atoms with Crippen molar-refractivity contribution in [1.29, 1.82) is 0 Å². The summed E-state index contributed by atoms with van der Waals surface area (Å²) in [7, 11) is 0. The summed E-state index contributed by atoms with van der Waals surface area (Å²) in [4.78, 5) is 34.7. The third-order valence-corrected chi connectivity index (χ3v) is 2.99. The Morgan fingerprint density at radius 1 is 1.08 bits per heavy atom. The molecule has 0 aromatic heterocycles. The summed E-state index contributed by atoms with van der Waals surface area (Å²) in [5.74, 6) is -4.06. The van der Waals surface area contributed by atoms with Crippen molar-refractivity contribution < 1.29 is 38.8 Å². The minimum atomic E-state index is -2.49. The zero-order chi connectivity index (χ0) is 19.0. The van der Waals surface area contributed by atoms with Gasteiger partial charge in [0.05, 0.1) is 13.2 Å². The Morgan fingerprint density at radius 3 is 2.00 bits per heavy atom. The third-order valence-electron chi connectivity index (χ3n) is 2.99. The van der Waals surface area contributed by atoms with Crippen LogP contribution in [0.4, 0.5) is 0 Å². The number of carboxylic acid groups (broad SMARTS) is 2. The van der Waals surface area contributed by atoms with Crippen LogP contribution in [0.15, 0.2) is 0 Å². The van der Waals surface area contributed by atoms with Crippen molar-refractivity contribution >= 4 is 36.8 Å². The van der Waals surface area contributed by atoms with Crippen molar-refractivity contribution in [3.05, 3.63) is 0 Å². The number of carbonyl (C=O) groups excluding carboxylic acids is 1. The number of aliphatic carboxylic acids is 2. The molecular weight excluding hydrogens is 329 g/mol. The van der Waals surface area contributed by atoms with Crippen LogP contribution in [0, 0.1) is 0 Å². The van der Waals surface area contributed by atoms with E-state index in [1.807, 2.05) is 0 Å². The molecule has 0 saturated carbocycles. The molecule has 4 N–H and O–H groups in total. The second-order valence-corrected chi connectivity index (χ2v) is 6.16. The van der Waals surface area contributed by atoms with Crippen LogP contribution in [0.3, 0.4) is 0 Å². The number of rotatable bonds is 11. The second-order valence-electron chi connectivity index (χ2n) is 6.16. The standard InChI is InChI=1S/C15H27NO8.Li.H/c1-5-22-8-9-23-15(12(18)19,13(20)21)7-6-10(16)11(17)24-14(2,3)4;;/h10H,5-9,16H2,1-4H3,(H,18,19)(H,20,21);;. The Bertz CT molecular complexity index is 435. The van der Waals surface area contributed by atoms with E-state index >= 15 is 0 Å². The first-order valence-corrected chi connectivity index (χ1v) is 7.63. The number of hydrogen-bond acceptors (Lipinski definition) is 7. The van der Waals surface area contributed by atoms with Gasteiger partial charge < -0.3 is 30.2 Å². The number of ether oxygens (including phenoxy) is 3. The van der Waals surface area contributed by atoms with Crippen molar-refractivity contribution in [3.8, 4) is 0 Å². The van der Waals surface area contributed by atoms with Gasteiger partial charge in [-0.3, -0.25) is 4.79 Å². The maximum atomic E-state index is 11.8. The van der Waals surface area contributed by atoms with Crippen LogP contribution < -0.4 is 5.73 Å². The first-order chi connectivity index (χ1) is 11.0. The van der Waals surface area contributed by atoms with Crippen LogP contribution >= 0.6 is 0 Å². The van der Waals surface area contributed by atoms with E-state index in [4.69, 9.17) is 19.9 Å². The molecule has 0 rings (SSSR count).